The van der Waals surface area contributed by atoms with Crippen LogP contribution in [0.3, 0.4) is 0 Å². The summed E-state index contributed by atoms with van der Waals surface area (Å²) in [4.78, 5) is 10.4. The highest BCUT2D eigenvalue weighted by Gasteiger charge is 2.08. The largest absolute Gasteiger partial charge is 0.326 e. The van der Waals surface area contributed by atoms with Gasteiger partial charge < -0.3 is 5.32 Å². The first-order valence-corrected chi connectivity index (χ1v) is 5.18. The van der Waals surface area contributed by atoms with E-state index in [-0.39, 0.29) is 5.82 Å². The molecule has 82 valence electrons. The van der Waals surface area contributed by atoms with E-state index in [0.29, 0.717) is 12.1 Å². The second-order valence-electron chi connectivity index (χ2n) is 3.65. The van der Waals surface area contributed by atoms with Gasteiger partial charge in [-0.25, -0.2) is 4.39 Å². The van der Waals surface area contributed by atoms with Crippen LogP contribution in [0.5, 0.6) is 0 Å². The Kier molecular flexibility index (Phi) is 4.28. The Balaban J connectivity index is 3.02. The molecule has 15 heavy (non-hydrogen) atoms. The summed E-state index contributed by atoms with van der Waals surface area (Å²) < 4.78 is 13.5. The number of hydrogen-bond donors (Lipinski definition) is 1. The lowest BCUT2D eigenvalue weighted by Gasteiger charge is -2.10. The zero-order valence-electron chi connectivity index (χ0n) is 9.14. The first-order chi connectivity index (χ1) is 7.19. The van der Waals surface area contributed by atoms with Gasteiger partial charge in [-0.1, -0.05) is 19.4 Å². The topological polar surface area (TPSA) is 29.1 Å². The van der Waals surface area contributed by atoms with Crippen LogP contribution in [0.25, 0.3) is 0 Å². The van der Waals surface area contributed by atoms with Gasteiger partial charge in [-0.15, -0.1) is 0 Å². The Hall–Kier alpha value is -1.38. The van der Waals surface area contributed by atoms with Crippen LogP contribution in [0.1, 0.15) is 30.9 Å². The minimum atomic E-state index is -0.354. The van der Waals surface area contributed by atoms with Crippen molar-refractivity contribution in [1.29, 1.82) is 0 Å². The molecule has 0 aliphatic heterocycles. The van der Waals surface area contributed by atoms with Crippen molar-refractivity contribution in [1.82, 2.24) is 0 Å². The Bertz CT molecular complexity index is 350. The lowest BCUT2D eigenvalue weighted by molar-refractivity contribution is -0.105. The molecule has 0 aromatic heterocycles. The molecule has 0 aliphatic carbocycles. The number of anilines is 1. The molecule has 1 N–H and O–H groups in total. The summed E-state index contributed by atoms with van der Waals surface area (Å²) in [6, 6.07) is 3.35. The molecular weight excluding hydrogens is 193 g/mol. The first-order valence-electron chi connectivity index (χ1n) is 5.18. The molecule has 2 nitrogen and oxygen atoms in total. The Morgan fingerprint density at radius 2 is 2.20 bits per heavy atom. The van der Waals surface area contributed by atoms with Crippen molar-refractivity contribution in [3.8, 4) is 0 Å². The molecule has 1 aromatic carbocycles. The summed E-state index contributed by atoms with van der Waals surface area (Å²) in [6.45, 7) is 3.93. The maximum absolute atomic E-state index is 13.5. The normalized spacial score (nSPS) is 10.1. The van der Waals surface area contributed by atoms with Gasteiger partial charge in [0, 0.05) is 0 Å². The molecule has 1 rings (SSSR count). The highest BCUT2D eigenvalue weighted by Crippen LogP contribution is 2.23. The number of nitrogens with one attached hydrogen (secondary N) is 1. The monoisotopic (exact) mass is 209 g/mol. The van der Waals surface area contributed by atoms with Crippen LogP contribution in [-0.4, -0.2) is 6.41 Å². The first kappa shape index (κ1) is 11.7. The molecule has 0 saturated heterocycles. The van der Waals surface area contributed by atoms with Gasteiger partial charge in [0.05, 0.1) is 5.69 Å². The minimum absolute atomic E-state index is 0.323. The quantitative estimate of drug-likeness (QED) is 0.742. The fraction of sp³-hybridized carbons (Fsp3) is 0.417. The second-order valence-corrected chi connectivity index (χ2v) is 3.65. The summed E-state index contributed by atoms with van der Waals surface area (Å²) in [7, 11) is 0. The van der Waals surface area contributed by atoms with E-state index in [1.54, 1.807) is 0 Å². The van der Waals surface area contributed by atoms with Gasteiger partial charge in [0.2, 0.25) is 6.41 Å². The van der Waals surface area contributed by atoms with Crippen LogP contribution in [0.4, 0.5) is 10.1 Å². The SMILES string of the molecule is CCCCc1cc(C)cc(F)c1NC=O. The van der Waals surface area contributed by atoms with Crippen molar-refractivity contribution < 1.29 is 9.18 Å². The van der Waals surface area contributed by atoms with Gasteiger partial charge >= 0.3 is 0 Å². The molecule has 0 spiro atoms. The fourth-order valence-electron chi connectivity index (χ4n) is 1.60. The summed E-state index contributed by atoms with van der Waals surface area (Å²) in [5.74, 6) is -0.354. The molecule has 0 saturated carbocycles. The van der Waals surface area contributed by atoms with Crippen molar-refractivity contribution in [3.05, 3.63) is 29.1 Å². The summed E-state index contributed by atoms with van der Waals surface area (Å²) in [5, 5.41) is 2.42. The summed E-state index contributed by atoms with van der Waals surface area (Å²) in [5.41, 5.74) is 2.08. The number of carbonyl (C=O) groups excluding carboxylic acids is 1. The number of halogens is 1. The minimum Gasteiger partial charge on any atom is -0.326 e. The highest BCUT2D eigenvalue weighted by molar-refractivity contribution is 5.74. The summed E-state index contributed by atoms with van der Waals surface area (Å²) in [6.07, 6.45) is 3.36. The van der Waals surface area contributed by atoms with Crippen LogP contribution in [0.15, 0.2) is 12.1 Å². The van der Waals surface area contributed by atoms with Crippen molar-refractivity contribution in [2.24, 2.45) is 0 Å². The molecule has 0 heterocycles. The van der Waals surface area contributed by atoms with E-state index in [0.717, 1.165) is 30.4 Å². The maximum Gasteiger partial charge on any atom is 0.211 e. The van der Waals surface area contributed by atoms with E-state index in [4.69, 9.17) is 0 Å². The second kappa shape index (κ2) is 5.49. The third-order valence-electron chi connectivity index (χ3n) is 2.32. The van der Waals surface area contributed by atoms with Gasteiger partial charge in [0.1, 0.15) is 5.82 Å². The average Bonchev–Trinajstić information content (AvgIpc) is 2.19. The van der Waals surface area contributed by atoms with Gasteiger partial charge in [-0.05, 0) is 37.0 Å². The molecule has 0 atom stereocenters. The van der Waals surface area contributed by atoms with Gasteiger partial charge in [0.25, 0.3) is 0 Å². The number of rotatable bonds is 5. The maximum atomic E-state index is 13.5. The number of benzene rings is 1. The van der Waals surface area contributed by atoms with Crippen LogP contribution >= 0.6 is 0 Å². The van der Waals surface area contributed by atoms with Crippen LogP contribution in [-0.2, 0) is 11.2 Å². The van der Waals surface area contributed by atoms with Crippen molar-refractivity contribution in [2.75, 3.05) is 5.32 Å². The van der Waals surface area contributed by atoms with E-state index in [1.165, 1.54) is 6.07 Å². The molecule has 0 unspecified atom stereocenters. The average molecular weight is 209 g/mol. The fourth-order valence-corrected chi connectivity index (χ4v) is 1.60. The predicted octanol–water partition coefficient (Wildman–Crippen LogP) is 3.05. The van der Waals surface area contributed by atoms with E-state index in [9.17, 15) is 9.18 Å². The molecule has 3 heteroatoms. The highest BCUT2D eigenvalue weighted by atomic mass is 19.1. The number of carbonyl (C=O) groups is 1. The molecule has 1 amide bonds. The van der Waals surface area contributed by atoms with E-state index in [2.05, 4.69) is 12.2 Å². The molecule has 0 fully saturated rings. The molecular formula is C12H16FNO. The predicted molar refractivity (Wildman–Crippen MR) is 59.4 cm³/mol. The molecule has 1 aromatic rings. The number of amides is 1. The number of unbranched alkanes of at least 4 members (excludes halogenated alkanes) is 1. The van der Waals surface area contributed by atoms with Crippen LogP contribution in [0.2, 0.25) is 0 Å². The Morgan fingerprint density at radius 3 is 2.80 bits per heavy atom. The zero-order valence-corrected chi connectivity index (χ0v) is 9.14. The van der Waals surface area contributed by atoms with Crippen molar-refractivity contribution in [3.63, 3.8) is 0 Å². The van der Waals surface area contributed by atoms with Gasteiger partial charge in [-0.3, -0.25) is 4.79 Å². The molecule has 0 aliphatic rings. The van der Waals surface area contributed by atoms with Gasteiger partial charge in [0.15, 0.2) is 0 Å². The standard InChI is InChI=1S/C12H16FNO/c1-3-4-5-10-6-9(2)7-11(13)12(10)14-8-15/h6-8H,3-5H2,1-2H3,(H,14,15). The Morgan fingerprint density at radius 1 is 1.47 bits per heavy atom. The number of aryl methyl sites for hydroxylation is 2. The van der Waals surface area contributed by atoms with E-state index >= 15 is 0 Å². The zero-order chi connectivity index (χ0) is 11.3. The van der Waals surface area contributed by atoms with E-state index < -0.39 is 0 Å². The van der Waals surface area contributed by atoms with Crippen molar-refractivity contribution >= 4 is 12.1 Å². The van der Waals surface area contributed by atoms with Crippen LogP contribution in [0, 0.1) is 12.7 Å². The molecule has 0 bridgehead atoms. The third kappa shape index (κ3) is 3.05. The molecule has 0 radical (unpaired) electrons. The van der Waals surface area contributed by atoms with Crippen molar-refractivity contribution in [2.45, 2.75) is 33.1 Å². The van der Waals surface area contributed by atoms with Crippen LogP contribution < -0.4 is 5.32 Å². The number of hydrogen-bond acceptors (Lipinski definition) is 1. The smallest absolute Gasteiger partial charge is 0.211 e. The van der Waals surface area contributed by atoms with E-state index in [1.807, 2.05) is 13.0 Å². The van der Waals surface area contributed by atoms with Gasteiger partial charge in [-0.2, -0.15) is 0 Å². The Labute approximate surface area is 89.5 Å². The third-order valence-corrected chi connectivity index (χ3v) is 2.32. The lowest BCUT2D eigenvalue weighted by Crippen LogP contribution is -2.03. The summed E-state index contributed by atoms with van der Waals surface area (Å²) >= 11 is 0. The lowest BCUT2D eigenvalue weighted by atomic mass is 10.0.